The van der Waals surface area contributed by atoms with Gasteiger partial charge in [-0.3, -0.25) is 14.6 Å². The highest BCUT2D eigenvalue weighted by Crippen LogP contribution is 2.31. The highest BCUT2D eigenvalue weighted by molar-refractivity contribution is 5.93. The van der Waals surface area contributed by atoms with Crippen molar-refractivity contribution < 1.29 is 69.0 Å². The molecule has 1 unspecified atom stereocenters. The van der Waals surface area contributed by atoms with Crippen molar-refractivity contribution in [3.8, 4) is 11.5 Å². The molecule has 0 saturated carbocycles. The van der Waals surface area contributed by atoms with Crippen LogP contribution in [-0.4, -0.2) is 185 Å². The van der Waals surface area contributed by atoms with E-state index < -0.39 is 80.7 Å². The Hall–Kier alpha value is -3.01. The minimum atomic E-state index is -1.78. The van der Waals surface area contributed by atoms with Crippen molar-refractivity contribution in [2.75, 3.05) is 71.5 Å². The zero-order chi connectivity index (χ0) is 38.2. The molecule has 17 heteroatoms. The van der Waals surface area contributed by atoms with E-state index in [0.29, 0.717) is 44.2 Å². The first-order valence-corrected chi connectivity index (χ1v) is 17.7. The lowest BCUT2D eigenvalue weighted by Gasteiger charge is -2.46. The third-order valence-corrected chi connectivity index (χ3v) is 9.82. The Bertz CT molecular complexity index is 1440. The molecule has 0 bridgehead atoms. The van der Waals surface area contributed by atoms with E-state index in [2.05, 4.69) is 15.1 Å². The van der Waals surface area contributed by atoms with Gasteiger partial charge in [-0.1, -0.05) is 30.3 Å². The predicted octanol–water partition coefficient (Wildman–Crippen LogP) is -2.04. The number of hydrogen-bond acceptors (Lipinski definition) is 16. The Morgan fingerprint density at radius 3 is 2.04 bits per heavy atom. The number of piperazine rings is 1. The van der Waals surface area contributed by atoms with E-state index in [1.54, 1.807) is 24.3 Å². The summed E-state index contributed by atoms with van der Waals surface area (Å²) in [6.07, 6.45) is -16.5. The number of carbonyl (C=O) groups excluding carboxylic acids is 1. The summed E-state index contributed by atoms with van der Waals surface area (Å²) in [4.78, 5) is 17.1. The lowest BCUT2D eigenvalue weighted by atomic mass is 9.97. The maximum Gasteiger partial charge on any atom is 0.238 e. The summed E-state index contributed by atoms with van der Waals surface area (Å²) in [6.45, 7) is 5.42. The standard InChI is InChI=1S/C36H53N3O14/c1-20-7-6-8-21(2)28(20)37-27(42)16-39-13-11-38(12-14-39)15-22(19-49-24-10-5-4-9-23(24)48-3)50-35-33(47)31(45)34(26(18-41)52-35)53-36-32(46)30(44)29(43)25(17-40)51-36/h4-10,22,25-26,29-36,40-41,43-47H,11-19H2,1-3H3,(H,37,42)/t22?,25-,26-,29+,30+,31-,32-,33-,34-,35-,36+/m1/s1. The molecule has 11 atom stereocenters. The van der Waals surface area contributed by atoms with Crippen LogP contribution in [0.25, 0.3) is 0 Å². The normalized spacial score (nSPS) is 31.9. The van der Waals surface area contributed by atoms with Crippen LogP contribution in [0.5, 0.6) is 11.5 Å². The lowest BCUT2D eigenvalue weighted by Crippen LogP contribution is -2.65. The van der Waals surface area contributed by atoms with Gasteiger partial charge in [-0.25, -0.2) is 0 Å². The number of hydrogen-bond donors (Lipinski definition) is 8. The molecule has 3 saturated heterocycles. The Morgan fingerprint density at radius 2 is 1.40 bits per heavy atom. The lowest BCUT2D eigenvalue weighted by molar-refractivity contribution is -0.363. The summed E-state index contributed by atoms with van der Waals surface area (Å²) >= 11 is 0. The number of aryl methyl sites for hydroxylation is 2. The smallest absolute Gasteiger partial charge is 0.238 e. The first kappa shape index (κ1) is 41.2. The van der Waals surface area contributed by atoms with E-state index in [9.17, 15) is 40.5 Å². The van der Waals surface area contributed by atoms with Gasteiger partial charge in [0.05, 0.1) is 26.9 Å². The van der Waals surface area contributed by atoms with Crippen molar-refractivity contribution in [1.29, 1.82) is 0 Å². The number of benzene rings is 2. The van der Waals surface area contributed by atoms with Gasteiger partial charge in [-0.2, -0.15) is 0 Å². The molecular formula is C36H53N3O14. The number of methoxy groups -OCH3 is 1. The number of amides is 1. The average molecular weight is 752 g/mol. The SMILES string of the molecule is COc1ccccc1OCC(CN1CCN(CC(=O)Nc2c(C)cccc2C)CC1)O[C@@H]1O[C@H](CO)[C@@H](O[C@@H]2O[C@H](CO)[C@H](O)[C@H](O)[C@H]2O)[C@H](O)[C@H]1O. The Balaban J connectivity index is 1.22. The largest absolute Gasteiger partial charge is 0.493 e. The third-order valence-electron chi connectivity index (χ3n) is 9.82. The van der Waals surface area contributed by atoms with Gasteiger partial charge in [0, 0.05) is 38.4 Å². The van der Waals surface area contributed by atoms with Crippen LogP contribution in [0, 0.1) is 13.8 Å². The summed E-state index contributed by atoms with van der Waals surface area (Å²) in [7, 11) is 1.52. The van der Waals surface area contributed by atoms with Crippen LogP contribution in [0.1, 0.15) is 11.1 Å². The minimum absolute atomic E-state index is 0.0178. The van der Waals surface area contributed by atoms with Crippen LogP contribution in [0.15, 0.2) is 42.5 Å². The van der Waals surface area contributed by atoms with Gasteiger partial charge >= 0.3 is 0 Å². The van der Waals surface area contributed by atoms with Crippen molar-refractivity contribution in [3.63, 3.8) is 0 Å². The fourth-order valence-corrected chi connectivity index (χ4v) is 6.72. The predicted molar refractivity (Wildman–Crippen MR) is 187 cm³/mol. The van der Waals surface area contributed by atoms with E-state index >= 15 is 0 Å². The van der Waals surface area contributed by atoms with Crippen molar-refractivity contribution in [2.45, 2.75) is 81.4 Å². The Labute approximate surface area is 308 Å². The van der Waals surface area contributed by atoms with Gasteiger partial charge < -0.3 is 69.5 Å². The first-order chi connectivity index (χ1) is 25.4. The topological polar surface area (TPSA) is 233 Å². The summed E-state index contributed by atoms with van der Waals surface area (Å²) in [5, 5.41) is 75.9. The molecule has 53 heavy (non-hydrogen) atoms. The molecule has 2 aromatic rings. The molecule has 0 spiro atoms. The van der Waals surface area contributed by atoms with Crippen molar-refractivity contribution >= 4 is 11.6 Å². The Kier molecular flexibility index (Phi) is 14.8. The van der Waals surface area contributed by atoms with Crippen LogP contribution >= 0.6 is 0 Å². The molecule has 296 valence electrons. The van der Waals surface area contributed by atoms with Crippen LogP contribution in [-0.2, 0) is 23.7 Å². The quantitative estimate of drug-likeness (QED) is 0.0980. The van der Waals surface area contributed by atoms with E-state index in [1.807, 2.05) is 32.0 Å². The Morgan fingerprint density at radius 1 is 0.792 bits per heavy atom. The molecule has 2 aromatic carbocycles. The number of ether oxygens (including phenoxy) is 6. The number of aliphatic hydroxyl groups excluding tert-OH is 7. The summed E-state index contributed by atoms with van der Waals surface area (Å²) in [5.41, 5.74) is 2.80. The third kappa shape index (κ3) is 10.2. The van der Waals surface area contributed by atoms with Crippen molar-refractivity contribution in [1.82, 2.24) is 9.80 Å². The zero-order valence-corrected chi connectivity index (χ0v) is 30.1. The van der Waals surface area contributed by atoms with Crippen LogP contribution < -0.4 is 14.8 Å². The second kappa shape index (κ2) is 19.0. The fourth-order valence-electron chi connectivity index (χ4n) is 6.72. The monoisotopic (exact) mass is 751 g/mol. The van der Waals surface area contributed by atoms with Crippen LogP contribution in [0.2, 0.25) is 0 Å². The molecule has 0 radical (unpaired) electrons. The number of rotatable bonds is 15. The summed E-state index contributed by atoms with van der Waals surface area (Å²) < 4.78 is 34.7. The maximum absolute atomic E-state index is 12.9. The van der Waals surface area contributed by atoms with E-state index in [4.69, 9.17) is 28.4 Å². The highest BCUT2D eigenvalue weighted by Gasteiger charge is 2.51. The molecule has 3 heterocycles. The first-order valence-electron chi connectivity index (χ1n) is 17.7. The molecule has 5 rings (SSSR count). The molecular weight excluding hydrogens is 698 g/mol. The molecule has 3 fully saturated rings. The van der Waals surface area contributed by atoms with Gasteiger partial charge in [-0.15, -0.1) is 0 Å². The molecule has 17 nitrogen and oxygen atoms in total. The number of carbonyl (C=O) groups is 1. The molecule has 8 N–H and O–H groups in total. The van der Waals surface area contributed by atoms with Crippen LogP contribution in [0.4, 0.5) is 5.69 Å². The van der Waals surface area contributed by atoms with E-state index in [-0.39, 0.29) is 19.1 Å². The number of nitrogens with one attached hydrogen (secondary N) is 1. The second-order valence-corrected chi connectivity index (χ2v) is 13.6. The molecule has 3 aliphatic heterocycles. The average Bonchev–Trinajstić information content (AvgIpc) is 3.15. The van der Waals surface area contributed by atoms with E-state index in [1.165, 1.54) is 7.11 Å². The number of aliphatic hydroxyl groups is 7. The van der Waals surface area contributed by atoms with Gasteiger partial charge in [0.15, 0.2) is 24.1 Å². The molecule has 0 aliphatic carbocycles. The van der Waals surface area contributed by atoms with E-state index in [0.717, 1.165) is 16.8 Å². The van der Waals surface area contributed by atoms with Gasteiger partial charge in [0.25, 0.3) is 0 Å². The summed E-state index contributed by atoms with van der Waals surface area (Å²) in [6, 6.07) is 12.9. The van der Waals surface area contributed by atoms with Gasteiger partial charge in [-0.05, 0) is 37.1 Å². The number of anilines is 1. The van der Waals surface area contributed by atoms with Crippen molar-refractivity contribution in [3.05, 3.63) is 53.6 Å². The van der Waals surface area contributed by atoms with Gasteiger partial charge in [0.1, 0.15) is 61.5 Å². The van der Waals surface area contributed by atoms with Crippen molar-refractivity contribution in [2.24, 2.45) is 0 Å². The number of nitrogens with zero attached hydrogens (tertiary/aromatic N) is 2. The van der Waals surface area contributed by atoms with Crippen LogP contribution in [0.3, 0.4) is 0 Å². The molecule has 3 aliphatic rings. The maximum atomic E-state index is 12.9. The van der Waals surface area contributed by atoms with Gasteiger partial charge in [0.2, 0.25) is 5.91 Å². The minimum Gasteiger partial charge on any atom is -0.493 e. The fraction of sp³-hybridized carbons (Fsp3) is 0.639. The number of para-hydroxylation sites is 3. The molecule has 1 amide bonds. The summed E-state index contributed by atoms with van der Waals surface area (Å²) in [5.74, 6) is 0.850. The highest BCUT2D eigenvalue weighted by atomic mass is 16.7. The second-order valence-electron chi connectivity index (χ2n) is 13.6. The zero-order valence-electron chi connectivity index (χ0n) is 30.1. The molecule has 0 aromatic heterocycles.